The van der Waals surface area contributed by atoms with E-state index in [0.29, 0.717) is 19.0 Å². The van der Waals surface area contributed by atoms with E-state index in [0.717, 1.165) is 44.9 Å². The summed E-state index contributed by atoms with van der Waals surface area (Å²) in [6, 6.07) is 14.2. The van der Waals surface area contributed by atoms with E-state index in [1.807, 2.05) is 51.1 Å². The van der Waals surface area contributed by atoms with Crippen molar-refractivity contribution >= 4 is 44.0 Å². The van der Waals surface area contributed by atoms with Crippen molar-refractivity contribution in [1.29, 1.82) is 0 Å². The number of rotatable bonds is 2. The van der Waals surface area contributed by atoms with Crippen molar-refractivity contribution in [2.45, 2.75) is 45.1 Å². The van der Waals surface area contributed by atoms with Crippen LogP contribution >= 0.6 is 15.9 Å². The van der Waals surface area contributed by atoms with E-state index in [-0.39, 0.29) is 11.8 Å². The highest BCUT2D eigenvalue weighted by Crippen LogP contribution is 2.31. The van der Waals surface area contributed by atoms with E-state index in [1.165, 1.54) is 5.56 Å². The van der Waals surface area contributed by atoms with Gasteiger partial charge in [0.15, 0.2) is 0 Å². The van der Waals surface area contributed by atoms with Gasteiger partial charge in [-0.25, -0.2) is 9.59 Å². The lowest BCUT2D eigenvalue weighted by atomic mass is 9.89. The Bertz CT molecular complexity index is 1470. The standard InChI is InChI=1S/C27H29BrN4O3/c1-27(2,3)35-26(34)31-13-11-18(12-14-31)17-5-8-20(9-6-17)32-24-21-15-19(28)7-10-22(21)29-16-23(24)30(4)25(32)33/h5-10,15-16,18H,11-14H2,1-4H3. The number of pyridine rings is 1. The average Bonchev–Trinajstić information content (AvgIpc) is 3.08. The second-order valence-corrected chi connectivity index (χ2v) is 11.1. The Morgan fingerprint density at radius 1 is 1.09 bits per heavy atom. The fraction of sp³-hybridized carbons (Fsp3) is 0.370. The highest BCUT2D eigenvalue weighted by molar-refractivity contribution is 9.10. The highest BCUT2D eigenvalue weighted by atomic mass is 79.9. The van der Waals surface area contributed by atoms with Crippen LogP contribution < -0.4 is 5.69 Å². The molecule has 35 heavy (non-hydrogen) atoms. The summed E-state index contributed by atoms with van der Waals surface area (Å²) in [6.07, 6.45) is 3.29. The molecule has 182 valence electrons. The van der Waals surface area contributed by atoms with Crippen LogP contribution in [-0.2, 0) is 11.8 Å². The number of halogens is 1. The van der Waals surface area contributed by atoms with Crippen LogP contribution in [-0.4, -0.2) is 43.8 Å². The molecule has 0 unspecified atom stereocenters. The molecule has 1 aliphatic rings. The largest absolute Gasteiger partial charge is 0.444 e. The first-order chi connectivity index (χ1) is 16.6. The van der Waals surface area contributed by atoms with Crippen molar-refractivity contribution in [2.75, 3.05) is 13.1 Å². The summed E-state index contributed by atoms with van der Waals surface area (Å²) in [5, 5.41) is 0.924. The van der Waals surface area contributed by atoms with Crippen LogP contribution in [0.3, 0.4) is 0 Å². The Hall–Kier alpha value is -3.13. The predicted molar refractivity (Wildman–Crippen MR) is 141 cm³/mol. The van der Waals surface area contributed by atoms with Crippen molar-refractivity contribution < 1.29 is 9.53 Å². The Labute approximate surface area is 212 Å². The zero-order chi connectivity index (χ0) is 24.9. The number of amides is 1. The molecule has 0 aliphatic carbocycles. The fourth-order valence-electron chi connectivity index (χ4n) is 4.83. The van der Waals surface area contributed by atoms with Crippen molar-refractivity contribution in [3.8, 4) is 5.69 Å². The van der Waals surface area contributed by atoms with Crippen molar-refractivity contribution in [3.63, 3.8) is 0 Å². The molecule has 0 saturated carbocycles. The summed E-state index contributed by atoms with van der Waals surface area (Å²) >= 11 is 3.55. The van der Waals surface area contributed by atoms with Crippen LogP contribution in [0.25, 0.3) is 27.6 Å². The molecule has 0 atom stereocenters. The number of carbonyl (C=O) groups is 1. The molecular formula is C27H29BrN4O3. The van der Waals surface area contributed by atoms with Gasteiger partial charge in [-0.1, -0.05) is 28.1 Å². The molecule has 1 amide bonds. The van der Waals surface area contributed by atoms with Crippen LogP contribution in [0.15, 0.2) is 57.9 Å². The molecular weight excluding hydrogens is 508 g/mol. The summed E-state index contributed by atoms with van der Waals surface area (Å²) in [4.78, 5) is 32.0. The summed E-state index contributed by atoms with van der Waals surface area (Å²) in [5.74, 6) is 0.368. The predicted octanol–water partition coefficient (Wildman–Crippen LogP) is 5.75. The van der Waals surface area contributed by atoms with E-state index in [2.05, 4.69) is 33.0 Å². The first kappa shape index (κ1) is 23.6. The topological polar surface area (TPSA) is 69.4 Å². The van der Waals surface area contributed by atoms with Gasteiger partial charge in [0.25, 0.3) is 0 Å². The Kier molecular flexibility index (Phi) is 5.95. The van der Waals surface area contributed by atoms with Crippen LogP contribution in [0.2, 0.25) is 0 Å². The third-order valence-corrected chi connectivity index (χ3v) is 7.11. The number of benzene rings is 2. The number of imidazole rings is 1. The van der Waals surface area contributed by atoms with Crippen molar-refractivity contribution in [2.24, 2.45) is 7.05 Å². The molecule has 3 heterocycles. The van der Waals surface area contributed by atoms with Gasteiger partial charge in [0.05, 0.1) is 28.4 Å². The number of likely N-dealkylation sites (tertiary alicyclic amines) is 1. The molecule has 2 aromatic heterocycles. The number of hydrogen-bond acceptors (Lipinski definition) is 4. The minimum Gasteiger partial charge on any atom is -0.444 e. The van der Waals surface area contributed by atoms with Gasteiger partial charge < -0.3 is 9.64 Å². The number of aromatic nitrogens is 3. The first-order valence-electron chi connectivity index (χ1n) is 11.9. The molecule has 1 saturated heterocycles. The minimum atomic E-state index is -0.485. The van der Waals surface area contributed by atoms with E-state index in [9.17, 15) is 9.59 Å². The van der Waals surface area contributed by atoms with Gasteiger partial charge in [0.1, 0.15) is 5.60 Å². The van der Waals surface area contributed by atoms with Crippen molar-refractivity contribution in [1.82, 2.24) is 19.0 Å². The Morgan fingerprint density at radius 3 is 2.43 bits per heavy atom. The second kappa shape index (κ2) is 8.82. The summed E-state index contributed by atoms with van der Waals surface area (Å²) in [6.45, 7) is 7.02. The molecule has 5 rings (SSSR count). The van der Waals surface area contributed by atoms with Crippen molar-refractivity contribution in [3.05, 3.63) is 69.2 Å². The molecule has 2 aromatic carbocycles. The van der Waals surface area contributed by atoms with Crippen LogP contribution in [0, 0.1) is 0 Å². The smallest absolute Gasteiger partial charge is 0.410 e. The number of piperidine rings is 1. The number of aryl methyl sites for hydroxylation is 1. The zero-order valence-corrected chi connectivity index (χ0v) is 22.0. The van der Waals surface area contributed by atoms with E-state index in [4.69, 9.17) is 4.74 Å². The lowest BCUT2D eigenvalue weighted by Crippen LogP contribution is -2.41. The maximum Gasteiger partial charge on any atom is 0.410 e. The molecule has 1 aliphatic heterocycles. The zero-order valence-electron chi connectivity index (χ0n) is 20.4. The molecule has 0 spiro atoms. The van der Waals surface area contributed by atoms with Gasteiger partial charge in [-0.2, -0.15) is 0 Å². The molecule has 4 aromatic rings. The third-order valence-electron chi connectivity index (χ3n) is 6.61. The lowest BCUT2D eigenvalue weighted by molar-refractivity contribution is 0.0205. The normalized spacial score (nSPS) is 15.2. The summed E-state index contributed by atoms with van der Waals surface area (Å²) in [7, 11) is 1.78. The van der Waals surface area contributed by atoms with Gasteiger partial charge in [-0.05, 0) is 75.4 Å². The van der Waals surface area contributed by atoms with Gasteiger partial charge >= 0.3 is 11.8 Å². The second-order valence-electron chi connectivity index (χ2n) is 10.2. The number of fused-ring (bicyclic) bond motifs is 3. The van der Waals surface area contributed by atoms with E-state index in [1.54, 1.807) is 27.3 Å². The van der Waals surface area contributed by atoms with Crippen LogP contribution in [0.1, 0.15) is 45.1 Å². The quantitative estimate of drug-likeness (QED) is 0.326. The monoisotopic (exact) mass is 536 g/mol. The Morgan fingerprint density at radius 2 is 1.77 bits per heavy atom. The number of hydrogen-bond donors (Lipinski definition) is 0. The van der Waals surface area contributed by atoms with E-state index < -0.39 is 5.60 Å². The molecule has 1 fully saturated rings. The maximum atomic E-state index is 13.2. The lowest BCUT2D eigenvalue weighted by Gasteiger charge is -2.33. The summed E-state index contributed by atoms with van der Waals surface area (Å²) in [5.41, 5.74) is 3.94. The maximum absolute atomic E-state index is 13.2. The van der Waals surface area contributed by atoms with Gasteiger partial charge in [0.2, 0.25) is 0 Å². The van der Waals surface area contributed by atoms with E-state index >= 15 is 0 Å². The third kappa shape index (κ3) is 4.47. The molecule has 0 radical (unpaired) electrons. The molecule has 0 N–H and O–H groups in total. The SMILES string of the molecule is Cn1c(=O)n(-c2ccc(C3CCN(C(=O)OC(C)(C)C)CC3)cc2)c2c3cc(Br)ccc3ncc21. The van der Waals surface area contributed by atoms with Crippen LogP contribution in [0.5, 0.6) is 0 Å². The molecule has 8 heteroatoms. The number of carbonyl (C=O) groups excluding carboxylic acids is 1. The minimum absolute atomic E-state index is 0.104. The first-order valence-corrected chi connectivity index (χ1v) is 12.7. The average molecular weight is 537 g/mol. The Balaban J connectivity index is 1.43. The van der Waals surface area contributed by atoms with Crippen LogP contribution in [0.4, 0.5) is 4.79 Å². The highest BCUT2D eigenvalue weighted by Gasteiger charge is 2.27. The molecule has 7 nitrogen and oxygen atoms in total. The van der Waals surface area contributed by atoms with Gasteiger partial charge in [-0.15, -0.1) is 0 Å². The summed E-state index contributed by atoms with van der Waals surface area (Å²) < 4.78 is 9.86. The number of ether oxygens (including phenoxy) is 1. The molecule has 0 bridgehead atoms. The van der Waals surface area contributed by atoms with Gasteiger partial charge in [0, 0.05) is 30.0 Å². The fourth-order valence-corrected chi connectivity index (χ4v) is 5.19. The number of nitrogens with zero attached hydrogens (tertiary/aromatic N) is 4. The van der Waals surface area contributed by atoms with Gasteiger partial charge in [-0.3, -0.25) is 14.1 Å².